The second-order valence-electron chi connectivity index (χ2n) is 6.58. The molecule has 6 nitrogen and oxygen atoms in total. The molecule has 1 saturated heterocycles. The molecule has 2 atom stereocenters. The molecule has 2 N–H and O–H groups in total. The van der Waals surface area contributed by atoms with Gasteiger partial charge in [-0.1, -0.05) is 23.2 Å². The van der Waals surface area contributed by atoms with Crippen LogP contribution in [0.2, 0.25) is 10.0 Å². The summed E-state index contributed by atoms with van der Waals surface area (Å²) in [5.74, 6) is 0.374. The van der Waals surface area contributed by atoms with Crippen LogP contribution in [0.3, 0.4) is 0 Å². The van der Waals surface area contributed by atoms with E-state index in [0.717, 1.165) is 6.42 Å². The van der Waals surface area contributed by atoms with Gasteiger partial charge in [-0.3, -0.25) is 14.5 Å². The lowest BCUT2D eigenvalue weighted by Gasteiger charge is -2.24. The van der Waals surface area contributed by atoms with Gasteiger partial charge >= 0.3 is 0 Å². The van der Waals surface area contributed by atoms with Crippen molar-refractivity contribution in [2.45, 2.75) is 31.8 Å². The number of benzene rings is 1. The van der Waals surface area contributed by atoms with Crippen LogP contribution in [0.15, 0.2) is 41.0 Å². The predicted molar refractivity (Wildman–Crippen MR) is 105 cm³/mol. The number of nitrogens with one attached hydrogen (secondary N) is 2. The third kappa shape index (κ3) is 5.25. The molecule has 2 heterocycles. The van der Waals surface area contributed by atoms with Crippen molar-refractivity contribution in [1.82, 2.24) is 10.2 Å². The van der Waals surface area contributed by atoms with Gasteiger partial charge in [0, 0.05) is 15.7 Å². The fourth-order valence-electron chi connectivity index (χ4n) is 3.24. The van der Waals surface area contributed by atoms with Crippen molar-refractivity contribution in [2.24, 2.45) is 0 Å². The maximum absolute atomic E-state index is 12.7. The van der Waals surface area contributed by atoms with E-state index in [1.54, 1.807) is 30.5 Å². The standard InChI is InChI=1S/C19H21Cl2N3O3/c1-12(17-5-3-7-27-17)22-18(25)11-24-6-2-4-16(24)19(26)23-15-9-13(20)8-14(21)10-15/h3,5,7-10,12,16H,2,4,6,11H2,1H3,(H,22,25)(H,23,26)/t12-,16-/m0/s1. The number of rotatable bonds is 6. The third-order valence-electron chi connectivity index (χ3n) is 4.49. The molecule has 2 amide bonds. The van der Waals surface area contributed by atoms with Crippen molar-refractivity contribution in [3.63, 3.8) is 0 Å². The summed E-state index contributed by atoms with van der Waals surface area (Å²) >= 11 is 11.9. The molecule has 1 fully saturated rings. The largest absolute Gasteiger partial charge is 0.467 e. The minimum Gasteiger partial charge on any atom is -0.467 e. The minimum atomic E-state index is -0.368. The second-order valence-corrected chi connectivity index (χ2v) is 7.45. The molecule has 0 saturated carbocycles. The minimum absolute atomic E-state index is 0.149. The van der Waals surface area contributed by atoms with Crippen molar-refractivity contribution in [3.8, 4) is 0 Å². The number of carbonyl (C=O) groups excluding carboxylic acids is 2. The van der Waals surface area contributed by atoms with Crippen LogP contribution < -0.4 is 10.6 Å². The number of halogens is 2. The third-order valence-corrected chi connectivity index (χ3v) is 4.93. The first-order valence-electron chi connectivity index (χ1n) is 8.76. The first-order chi connectivity index (χ1) is 12.9. The monoisotopic (exact) mass is 409 g/mol. The summed E-state index contributed by atoms with van der Waals surface area (Å²) in [6.07, 6.45) is 3.12. The number of hydrogen-bond acceptors (Lipinski definition) is 4. The van der Waals surface area contributed by atoms with Crippen LogP contribution in [0.5, 0.6) is 0 Å². The van der Waals surface area contributed by atoms with Gasteiger partial charge in [-0.2, -0.15) is 0 Å². The molecule has 0 unspecified atom stereocenters. The quantitative estimate of drug-likeness (QED) is 0.759. The molecular weight excluding hydrogens is 389 g/mol. The molecular formula is C19H21Cl2N3O3. The van der Waals surface area contributed by atoms with Crippen LogP contribution in [0, 0.1) is 0 Å². The summed E-state index contributed by atoms with van der Waals surface area (Å²) < 4.78 is 5.30. The fraction of sp³-hybridized carbons (Fsp3) is 0.368. The molecule has 27 heavy (non-hydrogen) atoms. The van der Waals surface area contributed by atoms with Crippen molar-refractivity contribution in [2.75, 3.05) is 18.4 Å². The van der Waals surface area contributed by atoms with E-state index in [1.807, 2.05) is 17.9 Å². The molecule has 8 heteroatoms. The Morgan fingerprint density at radius 3 is 2.70 bits per heavy atom. The average molecular weight is 410 g/mol. The van der Waals surface area contributed by atoms with Crippen molar-refractivity contribution >= 4 is 40.7 Å². The van der Waals surface area contributed by atoms with Crippen LogP contribution in [-0.4, -0.2) is 35.8 Å². The van der Waals surface area contributed by atoms with Crippen LogP contribution in [0.25, 0.3) is 0 Å². The first kappa shape index (κ1) is 19.7. The van der Waals surface area contributed by atoms with E-state index < -0.39 is 0 Å². The lowest BCUT2D eigenvalue weighted by atomic mass is 10.2. The second kappa shape index (κ2) is 8.78. The number of furan rings is 1. The highest BCUT2D eigenvalue weighted by molar-refractivity contribution is 6.35. The first-order valence-corrected chi connectivity index (χ1v) is 9.52. The Balaban J connectivity index is 1.57. The molecule has 144 valence electrons. The average Bonchev–Trinajstić information content (AvgIpc) is 3.25. The van der Waals surface area contributed by atoms with E-state index in [-0.39, 0.29) is 30.4 Å². The highest BCUT2D eigenvalue weighted by Crippen LogP contribution is 2.24. The van der Waals surface area contributed by atoms with Gasteiger partial charge in [0.2, 0.25) is 11.8 Å². The lowest BCUT2D eigenvalue weighted by molar-refractivity contribution is -0.125. The Labute approximate surface area is 167 Å². The zero-order valence-electron chi connectivity index (χ0n) is 14.9. The van der Waals surface area contributed by atoms with E-state index in [4.69, 9.17) is 27.6 Å². The normalized spacial score (nSPS) is 18.3. The Kier molecular flexibility index (Phi) is 6.42. The summed E-state index contributed by atoms with van der Waals surface area (Å²) in [5, 5.41) is 6.63. The predicted octanol–water partition coefficient (Wildman–Crippen LogP) is 3.87. The van der Waals surface area contributed by atoms with Gasteiger partial charge in [-0.05, 0) is 56.6 Å². The molecule has 3 rings (SSSR count). The number of carbonyl (C=O) groups is 2. The van der Waals surface area contributed by atoms with E-state index >= 15 is 0 Å². The molecule has 1 aromatic carbocycles. The Hall–Kier alpha value is -2.02. The topological polar surface area (TPSA) is 74.6 Å². The van der Waals surface area contributed by atoms with Crippen LogP contribution >= 0.6 is 23.2 Å². The van der Waals surface area contributed by atoms with Crippen LogP contribution in [0.4, 0.5) is 5.69 Å². The summed E-state index contributed by atoms with van der Waals surface area (Å²) in [4.78, 5) is 26.9. The smallest absolute Gasteiger partial charge is 0.241 e. The van der Waals surface area contributed by atoms with E-state index in [0.29, 0.717) is 34.5 Å². The molecule has 0 spiro atoms. The molecule has 1 aliphatic heterocycles. The zero-order chi connectivity index (χ0) is 19.4. The van der Waals surface area contributed by atoms with Gasteiger partial charge in [0.05, 0.1) is 24.9 Å². The number of hydrogen-bond donors (Lipinski definition) is 2. The van der Waals surface area contributed by atoms with Crippen LogP contribution in [0.1, 0.15) is 31.6 Å². The number of nitrogens with zero attached hydrogens (tertiary/aromatic N) is 1. The van der Waals surface area contributed by atoms with Gasteiger partial charge < -0.3 is 15.1 Å². The number of likely N-dealkylation sites (tertiary alicyclic amines) is 1. The Morgan fingerprint density at radius 1 is 1.30 bits per heavy atom. The maximum Gasteiger partial charge on any atom is 0.241 e. The zero-order valence-corrected chi connectivity index (χ0v) is 16.4. The van der Waals surface area contributed by atoms with Crippen molar-refractivity contribution < 1.29 is 14.0 Å². The Bertz CT molecular complexity index is 790. The molecule has 0 bridgehead atoms. The summed E-state index contributed by atoms with van der Waals surface area (Å²) in [6.45, 7) is 2.70. The molecule has 0 aliphatic carbocycles. The Morgan fingerprint density at radius 2 is 2.04 bits per heavy atom. The number of amides is 2. The van der Waals surface area contributed by atoms with E-state index in [1.165, 1.54) is 0 Å². The maximum atomic E-state index is 12.7. The summed E-state index contributed by atoms with van der Waals surface area (Å²) in [7, 11) is 0. The molecule has 1 aromatic heterocycles. The SMILES string of the molecule is C[C@H](NC(=O)CN1CCC[C@H]1C(=O)Nc1cc(Cl)cc(Cl)c1)c1ccco1. The lowest BCUT2D eigenvalue weighted by Crippen LogP contribution is -2.45. The van der Waals surface area contributed by atoms with Gasteiger partial charge in [-0.15, -0.1) is 0 Å². The van der Waals surface area contributed by atoms with Gasteiger partial charge in [-0.25, -0.2) is 0 Å². The summed E-state index contributed by atoms with van der Waals surface area (Å²) in [6, 6.07) is 7.88. The van der Waals surface area contributed by atoms with Gasteiger partial charge in [0.1, 0.15) is 5.76 Å². The highest BCUT2D eigenvalue weighted by atomic mass is 35.5. The van der Waals surface area contributed by atoms with E-state index in [2.05, 4.69) is 10.6 Å². The van der Waals surface area contributed by atoms with E-state index in [9.17, 15) is 9.59 Å². The van der Waals surface area contributed by atoms with Gasteiger partial charge in [0.25, 0.3) is 0 Å². The number of anilines is 1. The highest BCUT2D eigenvalue weighted by Gasteiger charge is 2.32. The van der Waals surface area contributed by atoms with Crippen molar-refractivity contribution in [1.29, 1.82) is 0 Å². The van der Waals surface area contributed by atoms with Gasteiger partial charge in [0.15, 0.2) is 0 Å². The van der Waals surface area contributed by atoms with Crippen LogP contribution in [-0.2, 0) is 9.59 Å². The van der Waals surface area contributed by atoms with Crippen molar-refractivity contribution in [3.05, 3.63) is 52.4 Å². The molecule has 2 aromatic rings. The molecule has 1 aliphatic rings. The fourth-order valence-corrected chi connectivity index (χ4v) is 3.77. The molecule has 0 radical (unpaired) electrons. The summed E-state index contributed by atoms with van der Waals surface area (Å²) in [5.41, 5.74) is 0.542.